The van der Waals surface area contributed by atoms with Gasteiger partial charge < -0.3 is 20.1 Å². The van der Waals surface area contributed by atoms with Crippen LogP contribution >= 0.6 is 7.82 Å². The molecule has 0 aromatic rings. The van der Waals surface area contributed by atoms with Crippen molar-refractivity contribution in [3.63, 3.8) is 0 Å². The predicted octanol–water partition coefficient (Wildman–Crippen LogP) is 24.9. The zero-order chi connectivity index (χ0) is 63.7. The van der Waals surface area contributed by atoms with E-state index in [1.807, 2.05) is 0 Å². The smallest absolute Gasteiger partial charge is 0.462 e. The number of ether oxygens (including phenoxy) is 2. The molecule has 0 fully saturated rings. The van der Waals surface area contributed by atoms with Crippen molar-refractivity contribution in [3.05, 3.63) is 85.1 Å². The topological polar surface area (TPSA) is 134 Å². The van der Waals surface area contributed by atoms with Crippen LogP contribution in [0.5, 0.6) is 0 Å². The third-order valence-electron chi connectivity index (χ3n) is 16.5. The lowest BCUT2D eigenvalue weighted by Crippen LogP contribution is -2.29. The van der Waals surface area contributed by atoms with E-state index in [1.165, 1.54) is 250 Å². The van der Waals surface area contributed by atoms with Gasteiger partial charge in [0.2, 0.25) is 0 Å². The maximum absolute atomic E-state index is 12.8. The number of phosphoric ester groups is 1. The van der Waals surface area contributed by atoms with Gasteiger partial charge in [-0.25, -0.2) is 4.57 Å². The van der Waals surface area contributed by atoms with Crippen LogP contribution in [0.1, 0.15) is 367 Å². The second kappa shape index (κ2) is 73.2. The lowest BCUT2D eigenvalue weighted by molar-refractivity contribution is -0.161. The summed E-state index contributed by atoms with van der Waals surface area (Å²) >= 11 is 0. The van der Waals surface area contributed by atoms with Crippen LogP contribution in [-0.2, 0) is 32.7 Å². The van der Waals surface area contributed by atoms with Crippen molar-refractivity contribution in [1.82, 2.24) is 0 Å². The average molecular weight is 1250 g/mol. The van der Waals surface area contributed by atoms with E-state index in [9.17, 15) is 19.0 Å². The van der Waals surface area contributed by atoms with Crippen molar-refractivity contribution >= 4 is 19.8 Å². The van der Waals surface area contributed by atoms with Gasteiger partial charge in [0.1, 0.15) is 6.61 Å². The number of allylic oxidation sites excluding steroid dienone is 14. The minimum absolute atomic E-state index is 0.0539. The Bertz CT molecular complexity index is 1720. The molecule has 88 heavy (non-hydrogen) atoms. The maximum atomic E-state index is 12.8. The van der Waals surface area contributed by atoms with E-state index in [0.717, 1.165) is 83.5 Å². The van der Waals surface area contributed by atoms with Gasteiger partial charge in [0.25, 0.3) is 0 Å². The Morgan fingerprint density at radius 1 is 0.352 bits per heavy atom. The molecule has 2 unspecified atom stereocenters. The molecule has 0 aliphatic rings. The molecule has 0 rings (SSSR count). The highest BCUT2D eigenvalue weighted by atomic mass is 31.2. The van der Waals surface area contributed by atoms with E-state index in [-0.39, 0.29) is 38.6 Å². The summed E-state index contributed by atoms with van der Waals surface area (Å²) in [4.78, 5) is 35.4. The quantitative estimate of drug-likeness (QED) is 0.0264. The van der Waals surface area contributed by atoms with Gasteiger partial charge in [-0.15, -0.1) is 0 Å². The molecule has 0 amide bonds. The molecule has 0 spiro atoms. The zero-order valence-electron chi connectivity index (χ0n) is 57.7. The number of carbonyl (C=O) groups excluding carboxylic acids is 2. The van der Waals surface area contributed by atoms with E-state index >= 15 is 0 Å². The maximum Gasteiger partial charge on any atom is 0.472 e. The van der Waals surface area contributed by atoms with E-state index < -0.39 is 26.5 Å². The van der Waals surface area contributed by atoms with Gasteiger partial charge in [-0.2, -0.15) is 0 Å². The summed E-state index contributed by atoms with van der Waals surface area (Å²) in [6, 6.07) is 0. The van der Waals surface area contributed by atoms with Gasteiger partial charge >= 0.3 is 19.8 Å². The monoisotopic (exact) mass is 1250 g/mol. The number of nitrogens with two attached hydrogens (primary N) is 1. The number of rotatable bonds is 71. The van der Waals surface area contributed by atoms with Crippen LogP contribution in [-0.4, -0.2) is 49.3 Å². The number of carbonyl (C=O) groups is 2. The van der Waals surface area contributed by atoms with Crippen LogP contribution in [0.15, 0.2) is 85.1 Å². The van der Waals surface area contributed by atoms with Gasteiger partial charge in [0.05, 0.1) is 13.2 Å². The minimum Gasteiger partial charge on any atom is -0.462 e. The summed E-state index contributed by atoms with van der Waals surface area (Å²) < 4.78 is 33.2. The molecular weight excluding hydrogens is 1110 g/mol. The van der Waals surface area contributed by atoms with Gasteiger partial charge in [0, 0.05) is 19.4 Å². The van der Waals surface area contributed by atoms with Crippen LogP contribution in [0.25, 0.3) is 0 Å². The van der Waals surface area contributed by atoms with Crippen molar-refractivity contribution in [2.75, 3.05) is 26.4 Å². The Hall–Kier alpha value is -2.81. The highest BCUT2D eigenvalue weighted by Crippen LogP contribution is 2.43. The Morgan fingerprint density at radius 3 is 0.932 bits per heavy atom. The third-order valence-corrected chi connectivity index (χ3v) is 17.5. The molecule has 0 saturated heterocycles. The van der Waals surface area contributed by atoms with Gasteiger partial charge in [0.15, 0.2) is 6.10 Å². The van der Waals surface area contributed by atoms with Gasteiger partial charge in [-0.3, -0.25) is 18.6 Å². The molecule has 2 atom stereocenters. The fraction of sp³-hybridized carbons (Fsp3) is 0.795. The number of hydrogen-bond acceptors (Lipinski definition) is 8. The van der Waals surface area contributed by atoms with Crippen molar-refractivity contribution < 1.29 is 37.6 Å². The molecule has 0 aromatic heterocycles. The van der Waals surface area contributed by atoms with Gasteiger partial charge in [-0.1, -0.05) is 369 Å². The first-order valence-corrected chi connectivity index (χ1v) is 39.1. The zero-order valence-corrected chi connectivity index (χ0v) is 58.6. The average Bonchev–Trinajstić information content (AvgIpc) is 3.71. The molecule has 512 valence electrons. The first-order valence-electron chi connectivity index (χ1n) is 37.6. The Balaban J connectivity index is 3.82. The second-order valence-electron chi connectivity index (χ2n) is 25.1. The molecule has 0 bridgehead atoms. The molecule has 0 aliphatic heterocycles. The number of phosphoric acid groups is 1. The van der Waals surface area contributed by atoms with E-state index in [1.54, 1.807) is 0 Å². The van der Waals surface area contributed by atoms with Crippen molar-refractivity contribution in [3.8, 4) is 0 Å². The standard InChI is InChI=1S/C78H142NO8P/c1-3-5-7-9-11-13-15-17-19-21-23-25-27-29-31-33-34-35-36-37-38-39-40-41-42-43-45-47-49-51-53-55-57-59-61-63-65-67-69-71-78(81)87-76(75-86-88(82,83)85-73-72-79)74-84-77(80)70-68-66-64-62-60-58-56-54-52-50-48-46-44-32-30-28-26-24-22-20-18-16-14-12-10-8-6-4-2/h5,7,11,13,17,19,23,25,29,31,34-35,37-38,76H,3-4,6,8-10,12,14-16,18,20-22,24,26-28,30,32-33,36,39-75,79H2,1-2H3,(H,82,83)/b7-5-,13-11-,19-17-,25-23-,31-29-,35-34-,38-37-. The van der Waals surface area contributed by atoms with Crippen LogP contribution in [0.2, 0.25) is 0 Å². The summed E-state index contributed by atoms with van der Waals surface area (Å²) in [5.74, 6) is -0.809. The van der Waals surface area contributed by atoms with Crippen LogP contribution in [0.4, 0.5) is 0 Å². The highest BCUT2D eigenvalue weighted by Gasteiger charge is 2.26. The molecule has 0 heterocycles. The minimum atomic E-state index is -4.40. The van der Waals surface area contributed by atoms with E-state index in [0.29, 0.717) is 6.42 Å². The Labute approximate surface area is 544 Å². The van der Waals surface area contributed by atoms with Crippen LogP contribution in [0.3, 0.4) is 0 Å². The summed E-state index contributed by atoms with van der Waals surface area (Å²) in [7, 11) is -4.40. The molecule has 0 aliphatic carbocycles. The molecule has 3 N–H and O–H groups in total. The Kier molecular flexibility index (Phi) is 70.9. The summed E-state index contributed by atoms with van der Waals surface area (Å²) in [6.07, 6.45) is 98.4. The van der Waals surface area contributed by atoms with Crippen molar-refractivity contribution in [2.45, 2.75) is 373 Å². The third kappa shape index (κ3) is 72.3. The number of hydrogen-bond donors (Lipinski definition) is 2. The van der Waals surface area contributed by atoms with Crippen molar-refractivity contribution in [2.24, 2.45) is 5.73 Å². The van der Waals surface area contributed by atoms with Gasteiger partial charge in [-0.05, 0) is 70.6 Å². The summed E-state index contributed by atoms with van der Waals surface area (Å²) in [5.41, 5.74) is 5.41. The normalized spacial score (nSPS) is 13.4. The first-order chi connectivity index (χ1) is 43.3. The summed E-state index contributed by atoms with van der Waals surface area (Å²) in [6.45, 7) is 3.69. The molecule has 0 radical (unpaired) electrons. The number of esters is 2. The fourth-order valence-corrected chi connectivity index (χ4v) is 11.8. The largest absolute Gasteiger partial charge is 0.472 e. The first kappa shape index (κ1) is 85.2. The molecular formula is C78H142NO8P. The highest BCUT2D eigenvalue weighted by molar-refractivity contribution is 7.47. The molecule has 10 heteroatoms. The lowest BCUT2D eigenvalue weighted by atomic mass is 10.0. The SMILES string of the molecule is CC/C=C\C/C=C\C/C=C\C/C=C\C/C=C\C/C=C\C/C=C\CCCCCCCCCCCCCCCCCCCC(=O)OC(COC(=O)CCCCCCCCCCCCCCCCCCCCCCCCCCCCCC)COP(=O)(O)OCCN. The molecule has 0 saturated carbocycles. The second-order valence-corrected chi connectivity index (χ2v) is 26.6. The molecule has 0 aromatic carbocycles. The van der Waals surface area contributed by atoms with Crippen LogP contribution < -0.4 is 5.73 Å². The number of unbranched alkanes of at least 4 members (excludes halogenated alkanes) is 44. The Morgan fingerprint density at radius 2 is 0.625 bits per heavy atom. The summed E-state index contributed by atoms with van der Waals surface area (Å²) in [5, 5.41) is 0. The van der Waals surface area contributed by atoms with E-state index in [2.05, 4.69) is 98.9 Å². The molecule has 9 nitrogen and oxygen atoms in total. The lowest BCUT2D eigenvalue weighted by Gasteiger charge is -2.19. The van der Waals surface area contributed by atoms with Crippen molar-refractivity contribution in [1.29, 1.82) is 0 Å². The predicted molar refractivity (Wildman–Crippen MR) is 381 cm³/mol. The van der Waals surface area contributed by atoms with E-state index in [4.69, 9.17) is 24.3 Å². The van der Waals surface area contributed by atoms with Crippen LogP contribution in [0, 0.1) is 0 Å². The fourth-order valence-electron chi connectivity index (χ4n) is 11.0.